The third kappa shape index (κ3) is 2.06. The summed E-state index contributed by atoms with van der Waals surface area (Å²) in [6, 6.07) is 1.86. The number of rotatable bonds is 1. The second-order valence-electron chi connectivity index (χ2n) is 2.71. The Balaban J connectivity index is 3.28. The molecule has 0 aliphatic carbocycles. The Labute approximate surface area is 85.3 Å². The molecule has 4 heteroatoms. The highest BCUT2D eigenvalue weighted by atomic mass is 79.9. The van der Waals surface area contributed by atoms with Crippen LogP contribution in [0.15, 0.2) is 10.5 Å². The number of carbonyl (C=O) groups excluding carboxylic acids is 1. The lowest BCUT2D eigenvalue weighted by atomic mass is 10.2. The van der Waals surface area contributed by atoms with Crippen molar-refractivity contribution in [3.8, 4) is 0 Å². The SMILES string of the molecule is COC(=O)c1nc(C)cc(Br)c1C. The predicted molar refractivity (Wildman–Crippen MR) is 52.8 cm³/mol. The van der Waals surface area contributed by atoms with E-state index in [0.29, 0.717) is 5.69 Å². The maximum atomic E-state index is 11.2. The Morgan fingerprint density at radius 1 is 1.54 bits per heavy atom. The first-order valence-corrected chi connectivity index (χ1v) is 4.57. The van der Waals surface area contributed by atoms with Crippen LogP contribution in [-0.4, -0.2) is 18.1 Å². The van der Waals surface area contributed by atoms with Gasteiger partial charge < -0.3 is 4.74 Å². The molecule has 0 atom stereocenters. The summed E-state index contributed by atoms with van der Waals surface area (Å²) in [7, 11) is 1.35. The summed E-state index contributed by atoms with van der Waals surface area (Å²) < 4.78 is 5.48. The van der Waals surface area contributed by atoms with Gasteiger partial charge in [-0.05, 0) is 25.5 Å². The zero-order chi connectivity index (χ0) is 10.0. The molecule has 0 spiro atoms. The van der Waals surface area contributed by atoms with Crippen LogP contribution in [0, 0.1) is 13.8 Å². The number of carbonyl (C=O) groups is 1. The van der Waals surface area contributed by atoms with Crippen molar-refractivity contribution in [2.24, 2.45) is 0 Å². The maximum absolute atomic E-state index is 11.2. The van der Waals surface area contributed by atoms with Gasteiger partial charge in [0.15, 0.2) is 5.69 Å². The van der Waals surface area contributed by atoms with Crippen LogP contribution in [0.2, 0.25) is 0 Å². The third-order valence-electron chi connectivity index (χ3n) is 1.72. The third-order valence-corrected chi connectivity index (χ3v) is 2.54. The van der Waals surface area contributed by atoms with Gasteiger partial charge in [-0.1, -0.05) is 15.9 Å². The summed E-state index contributed by atoms with van der Waals surface area (Å²) in [6.07, 6.45) is 0. The standard InChI is InChI=1S/C9H10BrNO2/c1-5-4-7(10)6(2)8(11-5)9(12)13-3/h4H,1-3H3. The van der Waals surface area contributed by atoms with E-state index in [0.717, 1.165) is 15.7 Å². The van der Waals surface area contributed by atoms with Crippen LogP contribution in [0.3, 0.4) is 0 Å². The summed E-state index contributed by atoms with van der Waals surface area (Å²) in [5, 5.41) is 0. The summed E-state index contributed by atoms with van der Waals surface area (Å²) in [4.78, 5) is 15.3. The van der Waals surface area contributed by atoms with Crippen molar-refractivity contribution >= 4 is 21.9 Å². The van der Waals surface area contributed by atoms with Crippen LogP contribution in [0.4, 0.5) is 0 Å². The van der Waals surface area contributed by atoms with Crippen LogP contribution in [0.25, 0.3) is 0 Å². The fraction of sp³-hybridized carbons (Fsp3) is 0.333. The minimum Gasteiger partial charge on any atom is -0.464 e. The highest BCUT2D eigenvalue weighted by Gasteiger charge is 2.13. The molecular formula is C9H10BrNO2. The Hall–Kier alpha value is -0.900. The number of esters is 1. The molecule has 0 radical (unpaired) electrons. The number of ether oxygens (including phenoxy) is 1. The van der Waals surface area contributed by atoms with E-state index >= 15 is 0 Å². The molecule has 0 saturated carbocycles. The first-order valence-electron chi connectivity index (χ1n) is 3.78. The van der Waals surface area contributed by atoms with Crippen LogP contribution < -0.4 is 0 Å². The molecule has 0 bridgehead atoms. The number of aromatic nitrogens is 1. The van der Waals surface area contributed by atoms with Gasteiger partial charge in [0, 0.05) is 10.2 Å². The fourth-order valence-corrected chi connectivity index (χ4v) is 1.51. The maximum Gasteiger partial charge on any atom is 0.356 e. The molecule has 0 aliphatic heterocycles. The van der Waals surface area contributed by atoms with Crippen molar-refractivity contribution < 1.29 is 9.53 Å². The van der Waals surface area contributed by atoms with Gasteiger partial charge >= 0.3 is 5.97 Å². The van der Waals surface area contributed by atoms with Gasteiger partial charge in [-0.2, -0.15) is 0 Å². The van der Waals surface area contributed by atoms with E-state index in [-0.39, 0.29) is 0 Å². The Kier molecular flexibility index (Phi) is 3.03. The van der Waals surface area contributed by atoms with E-state index in [9.17, 15) is 4.79 Å². The van der Waals surface area contributed by atoms with Crippen molar-refractivity contribution in [1.29, 1.82) is 0 Å². The summed E-state index contributed by atoms with van der Waals surface area (Å²) in [6.45, 7) is 3.65. The van der Waals surface area contributed by atoms with Crippen molar-refractivity contribution in [1.82, 2.24) is 4.98 Å². The van der Waals surface area contributed by atoms with E-state index in [1.807, 2.05) is 19.9 Å². The molecule has 70 valence electrons. The highest BCUT2D eigenvalue weighted by molar-refractivity contribution is 9.10. The highest BCUT2D eigenvalue weighted by Crippen LogP contribution is 2.19. The van der Waals surface area contributed by atoms with E-state index in [1.54, 1.807) is 0 Å². The Morgan fingerprint density at radius 3 is 2.69 bits per heavy atom. The topological polar surface area (TPSA) is 39.2 Å². The Bertz CT molecular complexity index is 350. The van der Waals surface area contributed by atoms with Crippen molar-refractivity contribution in [2.75, 3.05) is 7.11 Å². The van der Waals surface area contributed by atoms with Gasteiger partial charge in [0.05, 0.1) is 7.11 Å². The van der Waals surface area contributed by atoms with Gasteiger partial charge in [-0.3, -0.25) is 0 Å². The van der Waals surface area contributed by atoms with Gasteiger partial charge in [0.1, 0.15) is 0 Å². The zero-order valence-corrected chi connectivity index (χ0v) is 9.31. The number of methoxy groups -OCH3 is 1. The molecule has 0 saturated heterocycles. The molecule has 0 N–H and O–H groups in total. The first-order chi connectivity index (χ1) is 6.06. The lowest BCUT2D eigenvalue weighted by Gasteiger charge is -2.05. The number of nitrogens with zero attached hydrogens (tertiary/aromatic N) is 1. The lowest BCUT2D eigenvalue weighted by Crippen LogP contribution is -2.08. The molecule has 1 heterocycles. The monoisotopic (exact) mass is 243 g/mol. The van der Waals surface area contributed by atoms with E-state index in [1.165, 1.54) is 7.11 Å². The summed E-state index contributed by atoms with van der Waals surface area (Å²) in [5.41, 5.74) is 1.96. The van der Waals surface area contributed by atoms with Crippen molar-refractivity contribution in [3.05, 3.63) is 27.5 Å². The molecule has 3 nitrogen and oxygen atoms in total. The average Bonchev–Trinajstić information content (AvgIpc) is 2.10. The zero-order valence-electron chi connectivity index (χ0n) is 7.72. The van der Waals surface area contributed by atoms with Crippen molar-refractivity contribution in [2.45, 2.75) is 13.8 Å². The fourth-order valence-electron chi connectivity index (χ4n) is 0.993. The number of hydrogen-bond acceptors (Lipinski definition) is 3. The first kappa shape index (κ1) is 10.2. The summed E-state index contributed by atoms with van der Waals surface area (Å²) >= 11 is 3.35. The number of pyridine rings is 1. The molecule has 1 rings (SSSR count). The van der Waals surface area contributed by atoms with Crippen molar-refractivity contribution in [3.63, 3.8) is 0 Å². The molecule has 0 aliphatic rings. The minimum absolute atomic E-state index is 0.370. The van der Waals surface area contributed by atoms with Gasteiger partial charge in [0.2, 0.25) is 0 Å². The van der Waals surface area contributed by atoms with E-state index in [4.69, 9.17) is 0 Å². The molecular weight excluding hydrogens is 234 g/mol. The van der Waals surface area contributed by atoms with Gasteiger partial charge in [0.25, 0.3) is 0 Å². The summed E-state index contributed by atoms with van der Waals surface area (Å²) in [5.74, 6) is -0.401. The number of aryl methyl sites for hydroxylation is 1. The van der Waals surface area contributed by atoms with E-state index < -0.39 is 5.97 Å². The van der Waals surface area contributed by atoms with Crippen LogP contribution >= 0.6 is 15.9 Å². The number of halogens is 1. The molecule has 0 fully saturated rings. The normalized spacial score (nSPS) is 9.85. The lowest BCUT2D eigenvalue weighted by molar-refractivity contribution is 0.0592. The average molecular weight is 244 g/mol. The smallest absolute Gasteiger partial charge is 0.356 e. The minimum atomic E-state index is -0.401. The molecule has 0 amide bonds. The van der Waals surface area contributed by atoms with Gasteiger partial charge in [-0.15, -0.1) is 0 Å². The van der Waals surface area contributed by atoms with Crippen LogP contribution in [0.5, 0.6) is 0 Å². The Morgan fingerprint density at radius 2 is 2.15 bits per heavy atom. The molecule has 13 heavy (non-hydrogen) atoms. The second-order valence-corrected chi connectivity index (χ2v) is 3.56. The quantitative estimate of drug-likeness (QED) is 0.711. The molecule has 1 aromatic rings. The largest absolute Gasteiger partial charge is 0.464 e. The predicted octanol–water partition coefficient (Wildman–Crippen LogP) is 2.25. The molecule has 0 aromatic carbocycles. The van der Waals surface area contributed by atoms with E-state index in [2.05, 4.69) is 25.7 Å². The molecule has 0 unspecified atom stereocenters. The van der Waals surface area contributed by atoms with Gasteiger partial charge in [-0.25, -0.2) is 9.78 Å². The molecule has 1 aromatic heterocycles. The van der Waals surface area contributed by atoms with Crippen LogP contribution in [0.1, 0.15) is 21.7 Å². The second kappa shape index (κ2) is 3.87. The van der Waals surface area contributed by atoms with Crippen LogP contribution in [-0.2, 0) is 4.74 Å². The number of hydrogen-bond donors (Lipinski definition) is 0.